The Morgan fingerprint density at radius 1 is 1.13 bits per heavy atom. The summed E-state index contributed by atoms with van der Waals surface area (Å²) in [6.07, 6.45) is 0. The summed E-state index contributed by atoms with van der Waals surface area (Å²) in [6.45, 7) is 2.00. The van der Waals surface area contributed by atoms with Gasteiger partial charge in [0.25, 0.3) is 0 Å². The second-order valence-electron chi connectivity index (χ2n) is 5.20. The van der Waals surface area contributed by atoms with E-state index in [1.54, 1.807) is 17.9 Å². The summed E-state index contributed by atoms with van der Waals surface area (Å²) in [5.74, 6) is -0.351. The fraction of sp³-hybridized carbons (Fsp3) is 0.111. The molecule has 116 valence electrons. The number of carboxylic acid groups (broad SMARTS) is 1. The predicted octanol–water partition coefficient (Wildman–Crippen LogP) is 3.55. The molecule has 0 amide bonds. The zero-order valence-corrected chi connectivity index (χ0v) is 12.9. The number of carboxylic acids is 1. The smallest absolute Gasteiger partial charge is 0.356 e. The fourth-order valence-corrected chi connectivity index (χ4v) is 2.36. The van der Waals surface area contributed by atoms with Gasteiger partial charge in [0.2, 0.25) is 0 Å². The highest BCUT2D eigenvalue weighted by Crippen LogP contribution is 2.27. The maximum Gasteiger partial charge on any atom is 0.356 e. The summed E-state index contributed by atoms with van der Waals surface area (Å²) < 4.78 is 6.88. The van der Waals surface area contributed by atoms with Crippen molar-refractivity contribution in [3.05, 3.63) is 65.9 Å². The molecule has 3 rings (SSSR count). The van der Waals surface area contributed by atoms with Gasteiger partial charge in [0.05, 0.1) is 18.5 Å². The lowest BCUT2D eigenvalue weighted by Crippen LogP contribution is -2.02. The number of hydrogen-bond donors (Lipinski definition) is 1. The molecule has 0 aliphatic rings. The lowest BCUT2D eigenvalue weighted by molar-refractivity contribution is 0.0690. The van der Waals surface area contributed by atoms with E-state index < -0.39 is 5.97 Å². The minimum atomic E-state index is -1.06. The van der Waals surface area contributed by atoms with Gasteiger partial charge in [-0.1, -0.05) is 29.8 Å². The van der Waals surface area contributed by atoms with Gasteiger partial charge in [-0.3, -0.25) is 0 Å². The average molecular weight is 308 g/mol. The monoisotopic (exact) mass is 308 g/mol. The Hall–Kier alpha value is -3.08. The van der Waals surface area contributed by atoms with Crippen molar-refractivity contribution < 1.29 is 14.6 Å². The van der Waals surface area contributed by atoms with E-state index in [1.165, 1.54) is 0 Å². The summed E-state index contributed by atoms with van der Waals surface area (Å²) in [5.41, 5.74) is 3.47. The van der Waals surface area contributed by atoms with Crippen molar-refractivity contribution in [2.75, 3.05) is 7.11 Å². The van der Waals surface area contributed by atoms with E-state index in [0.717, 1.165) is 16.8 Å². The molecule has 0 saturated carbocycles. The van der Waals surface area contributed by atoms with Crippen molar-refractivity contribution in [2.45, 2.75) is 6.92 Å². The van der Waals surface area contributed by atoms with Gasteiger partial charge in [0, 0.05) is 5.56 Å². The van der Waals surface area contributed by atoms with Gasteiger partial charge in [-0.2, -0.15) is 5.10 Å². The van der Waals surface area contributed by atoms with Crippen LogP contribution in [0, 0.1) is 6.92 Å². The molecular weight excluding hydrogens is 292 g/mol. The molecule has 0 aliphatic carbocycles. The van der Waals surface area contributed by atoms with E-state index in [2.05, 4.69) is 5.10 Å². The molecule has 0 bridgehead atoms. The lowest BCUT2D eigenvalue weighted by atomic mass is 10.1. The molecule has 0 unspecified atom stereocenters. The van der Waals surface area contributed by atoms with Crippen molar-refractivity contribution in [2.24, 2.45) is 0 Å². The van der Waals surface area contributed by atoms with Gasteiger partial charge >= 0.3 is 5.97 Å². The molecule has 5 nitrogen and oxygen atoms in total. The number of aromatic carboxylic acids is 1. The van der Waals surface area contributed by atoms with E-state index in [9.17, 15) is 9.90 Å². The average Bonchev–Trinajstić information content (AvgIpc) is 3.01. The number of methoxy groups -OCH3 is 1. The summed E-state index contributed by atoms with van der Waals surface area (Å²) in [4.78, 5) is 11.3. The van der Waals surface area contributed by atoms with Crippen LogP contribution in [0.1, 0.15) is 16.1 Å². The van der Waals surface area contributed by atoms with Crippen LogP contribution in [0.25, 0.3) is 16.9 Å². The molecule has 1 N–H and O–H groups in total. The number of rotatable bonds is 4. The molecule has 0 fully saturated rings. The summed E-state index contributed by atoms with van der Waals surface area (Å²) >= 11 is 0. The lowest BCUT2D eigenvalue weighted by Gasteiger charge is -2.09. The highest BCUT2D eigenvalue weighted by atomic mass is 16.5. The van der Waals surface area contributed by atoms with Crippen LogP contribution in [0.5, 0.6) is 5.75 Å². The Bertz CT molecular complexity index is 851. The highest BCUT2D eigenvalue weighted by Gasteiger charge is 2.16. The van der Waals surface area contributed by atoms with E-state index in [-0.39, 0.29) is 5.69 Å². The van der Waals surface area contributed by atoms with E-state index in [0.29, 0.717) is 11.4 Å². The zero-order valence-electron chi connectivity index (χ0n) is 12.9. The van der Waals surface area contributed by atoms with Crippen LogP contribution >= 0.6 is 0 Å². The number of aromatic nitrogens is 2. The molecule has 23 heavy (non-hydrogen) atoms. The van der Waals surface area contributed by atoms with Crippen LogP contribution in [-0.4, -0.2) is 28.0 Å². The van der Waals surface area contributed by atoms with Crippen LogP contribution in [0.3, 0.4) is 0 Å². The zero-order chi connectivity index (χ0) is 16.4. The topological polar surface area (TPSA) is 64.3 Å². The molecule has 3 aromatic rings. The van der Waals surface area contributed by atoms with Gasteiger partial charge in [-0.15, -0.1) is 0 Å². The first kappa shape index (κ1) is 14.8. The molecule has 0 saturated heterocycles. The van der Waals surface area contributed by atoms with Gasteiger partial charge in [0.1, 0.15) is 5.75 Å². The fourth-order valence-electron chi connectivity index (χ4n) is 2.36. The Morgan fingerprint density at radius 2 is 1.87 bits per heavy atom. The first-order chi connectivity index (χ1) is 11.1. The maximum atomic E-state index is 11.3. The Balaban J connectivity index is 2.18. The van der Waals surface area contributed by atoms with Crippen LogP contribution in [0.2, 0.25) is 0 Å². The largest absolute Gasteiger partial charge is 0.497 e. The second-order valence-corrected chi connectivity index (χ2v) is 5.20. The summed E-state index contributed by atoms with van der Waals surface area (Å²) in [7, 11) is 1.60. The van der Waals surface area contributed by atoms with Crippen LogP contribution in [0.15, 0.2) is 54.6 Å². The molecule has 0 aliphatic heterocycles. The SMILES string of the molecule is COc1cccc(-c2cc(C(=O)O)nn2-c2ccc(C)cc2)c1. The van der Waals surface area contributed by atoms with Gasteiger partial charge in [-0.25, -0.2) is 9.48 Å². The van der Waals surface area contributed by atoms with E-state index in [1.807, 2.05) is 55.5 Å². The maximum absolute atomic E-state index is 11.3. The van der Waals surface area contributed by atoms with Gasteiger partial charge in [0.15, 0.2) is 5.69 Å². The van der Waals surface area contributed by atoms with E-state index in [4.69, 9.17) is 4.74 Å². The van der Waals surface area contributed by atoms with Crippen LogP contribution in [0.4, 0.5) is 0 Å². The first-order valence-corrected chi connectivity index (χ1v) is 7.13. The number of carbonyl (C=O) groups is 1. The molecule has 0 radical (unpaired) electrons. The number of benzene rings is 2. The second kappa shape index (κ2) is 5.96. The Morgan fingerprint density at radius 3 is 2.52 bits per heavy atom. The molecule has 0 atom stereocenters. The Labute approximate surface area is 133 Å². The highest BCUT2D eigenvalue weighted by molar-refractivity contribution is 5.87. The standard InChI is InChI=1S/C18H16N2O3/c1-12-6-8-14(9-7-12)20-17(11-16(19-20)18(21)22)13-4-3-5-15(10-13)23-2/h3-11H,1-2H3,(H,21,22). The van der Waals surface area contributed by atoms with Crippen LogP contribution in [-0.2, 0) is 0 Å². The number of hydrogen-bond acceptors (Lipinski definition) is 3. The molecule has 1 heterocycles. The molecule has 1 aromatic heterocycles. The third-order valence-corrected chi connectivity index (χ3v) is 3.57. The quantitative estimate of drug-likeness (QED) is 0.800. The number of ether oxygens (including phenoxy) is 1. The Kier molecular flexibility index (Phi) is 3.85. The van der Waals surface area contributed by atoms with E-state index >= 15 is 0 Å². The molecular formula is C18H16N2O3. The van der Waals surface area contributed by atoms with Gasteiger partial charge in [-0.05, 0) is 37.3 Å². The van der Waals surface area contributed by atoms with Crippen LogP contribution < -0.4 is 4.74 Å². The molecule has 0 spiro atoms. The predicted molar refractivity (Wildman–Crippen MR) is 87.2 cm³/mol. The molecule has 5 heteroatoms. The van der Waals surface area contributed by atoms with Crippen molar-refractivity contribution >= 4 is 5.97 Å². The first-order valence-electron chi connectivity index (χ1n) is 7.13. The minimum absolute atomic E-state index is 0.00314. The third kappa shape index (κ3) is 2.94. The summed E-state index contributed by atoms with van der Waals surface area (Å²) in [5, 5.41) is 13.5. The van der Waals surface area contributed by atoms with Crippen molar-refractivity contribution in [1.29, 1.82) is 0 Å². The van der Waals surface area contributed by atoms with Crippen molar-refractivity contribution in [3.8, 4) is 22.7 Å². The molecule has 2 aromatic carbocycles. The van der Waals surface area contributed by atoms with Crippen molar-refractivity contribution in [1.82, 2.24) is 9.78 Å². The summed E-state index contributed by atoms with van der Waals surface area (Å²) in [6, 6.07) is 16.8. The normalized spacial score (nSPS) is 10.5. The minimum Gasteiger partial charge on any atom is -0.497 e. The number of aryl methyl sites for hydroxylation is 1. The van der Waals surface area contributed by atoms with Gasteiger partial charge < -0.3 is 9.84 Å². The van der Waals surface area contributed by atoms with Crippen molar-refractivity contribution in [3.63, 3.8) is 0 Å². The number of nitrogens with zero attached hydrogens (tertiary/aromatic N) is 2. The third-order valence-electron chi connectivity index (χ3n) is 3.57.